The number of carbonyl (C=O) groups is 1. The fourth-order valence-electron chi connectivity index (χ4n) is 1.98. The van der Waals surface area contributed by atoms with Crippen LogP contribution in [-0.4, -0.2) is 17.3 Å². The van der Waals surface area contributed by atoms with Crippen LogP contribution in [0.5, 0.6) is 0 Å². The van der Waals surface area contributed by atoms with Crippen molar-refractivity contribution >= 4 is 17.5 Å². The summed E-state index contributed by atoms with van der Waals surface area (Å²) in [6.45, 7) is 1.74. The molecule has 1 aliphatic heterocycles. The van der Waals surface area contributed by atoms with Crippen molar-refractivity contribution in [1.82, 2.24) is 0 Å². The monoisotopic (exact) mass is 156 g/mol. The molecular weight excluding hydrogens is 144 g/mol. The SMILES string of the molecule is CC(=O)C1CC12CCSC2. The lowest BCUT2D eigenvalue weighted by molar-refractivity contribution is -0.118. The number of Topliss-reactive ketones (excluding diaryl/α,β-unsaturated/α-hetero) is 1. The van der Waals surface area contributed by atoms with E-state index in [1.54, 1.807) is 6.92 Å². The first-order valence-electron chi connectivity index (χ1n) is 3.83. The Balaban J connectivity index is 2.04. The second-order valence-electron chi connectivity index (χ2n) is 3.53. The number of thioether (sulfide) groups is 1. The standard InChI is InChI=1S/C8H12OS/c1-6(9)7-4-8(7)2-3-10-5-8/h7H,2-5H2,1H3. The zero-order valence-corrected chi connectivity index (χ0v) is 7.04. The fourth-order valence-corrected chi connectivity index (χ4v) is 3.55. The smallest absolute Gasteiger partial charge is 0.133 e. The molecule has 1 saturated heterocycles. The maximum absolute atomic E-state index is 11.0. The van der Waals surface area contributed by atoms with Crippen LogP contribution in [0.3, 0.4) is 0 Å². The van der Waals surface area contributed by atoms with E-state index in [0.717, 1.165) is 0 Å². The van der Waals surface area contributed by atoms with Crippen molar-refractivity contribution in [3.63, 3.8) is 0 Å². The first-order chi connectivity index (χ1) is 4.75. The van der Waals surface area contributed by atoms with Gasteiger partial charge in [-0.25, -0.2) is 0 Å². The molecule has 2 atom stereocenters. The molecule has 0 amide bonds. The molecule has 0 aromatic rings. The van der Waals surface area contributed by atoms with Gasteiger partial charge in [-0.2, -0.15) is 11.8 Å². The van der Waals surface area contributed by atoms with Crippen LogP contribution in [0.25, 0.3) is 0 Å². The van der Waals surface area contributed by atoms with Crippen LogP contribution in [0, 0.1) is 11.3 Å². The maximum atomic E-state index is 11.0. The Morgan fingerprint density at radius 3 is 2.90 bits per heavy atom. The second-order valence-corrected chi connectivity index (χ2v) is 4.64. The van der Waals surface area contributed by atoms with E-state index in [4.69, 9.17) is 0 Å². The molecule has 2 fully saturated rings. The molecule has 1 nitrogen and oxygen atoms in total. The van der Waals surface area contributed by atoms with Crippen molar-refractivity contribution in [2.45, 2.75) is 19.8 Å². The Morgan fingerprint density at radius 1 is 1.70 bits per heavy atom. The van der Waals surface area contributed by atoms with E-state index in [0.29, 0.717) is 17.1 Å². The van der Waals surface area contributed by atoms with Crippen LogP contribution in [0.4, 0.5) is 0 Å². The highest BCUT2D eigenvalue weighted by Gasteiger charge is 2.57. The molecular formula is C8H12OS. The topological polar surface area (TPSA) is 17.1 Å². The molecule has 2 unspecified atom stereocenters. The zero-order chi connectivity index (χ0) is 7.19. The average Bonchev–Trinajstić information content (AvgIpc) is 2.32. The largest absolute Gasteiger partial charge is 0.300 e. The number of hydrogen-bond acceptors (Lipinski definition) is 2. The van der Waals surface area contributed by atoms with Crippen LogP contribution in [0.15, 0.2) is 0 Å². The predicted octanol–water partition coefficient (Wildman–Crippen LogP) is 1.72. The van der Waals surface area contributed by atoms with Crippen LogP contribution in [0.1, 0.15) is 19.8 Å². The van der Waals surface area contributed by atoms with Gasteiger partial charge in [0.05, 0.1) is 0 Å². The molecule has 2 aliphatic rings. The molecule has 2 rings (SSSR count). The summed E-state index contributed by atoms with van der Waals surface area (Å²) in [5, 5.41) is 0. The summed E-state index contributed by atoms with van der Waals surface area (Å²) in [6, 6.07) is 0. The van der Waals surface area contributed by atoms with Gasteiger partial charge in [0, 0.05) is 5.92 Å². The van der Waals surface area contributed by atoms with Crippen molar-refractivity contribution < 1.29 is 4.79 Å². The van der Waals surface area contributed by atoms with E-state index in [1.807, 2.05) is 11.8 Å². The predicted molar refractivity (Wildman–Crippen MR) is 43.2 cm³/mol. The normalized spacial score (nSPS) is 44.3. The van der Waals surface area contributed by atoms with E-state index >= 15 is 0 Å². The lowest BCUT2D eigenvalue weighted by Crippen LogP contribution is -2.06. The molecule has 0 aromatic heterocycles. The minimum Gasteiger partial charge on any atom is -0.300 e. The molecule has 0 N–H and O–H groups in total. The van der Waals surface area contributed by atoms with Gasteiger partial charge in [0.25, 0.3) is 0 Å². The second kappa shape index (κ2) is 2.00. The molecule has 2 heteroatoms. The van der Waals surface area contributed by atoms with Gasteiger partial charge >= 0.3 is 0 Å². The summed E-state index contributed by atoms with van der Waals surface area (Å²) in [5.74, 6) is 3.39. The van der Waals surface area contributed by atoms with Crippen molar-refractivity contribution in [3.05, 3.63) is 0 Å². The minimum absolute atomic E-state index is 0.419. The van der Waals surface area contributed by atoms with Crippen molar-refractivity contribution in [2.24, 2.45) is 11.3 Å². The third-order valence-corrected chi connectivity index (χ3v) is 4.09. The number of ketones is 1. The third-order valence-electron chi connectivity index (χ3n) is 2.81. The summed E-state index contributed by atoms with van der Waals surface area (Å²) >= 11 is 2.01. The summed E-state index contributed by atoms with van der Waals surface area (Å²) in [7, 11) is 0. The van der Waals surface area contributed by atoms with E-state index < -0.39 is 0 Å². The van der Waals surface area contributed by atoms with Crippen molar-refractivity contribution in [3.8, 4) is 0 Å². The van der Waals surface area contributed by atoms with E-state index in [1.165, 1.54) is 24.3 Å². The Bertz CT molecular complexity index is 170. The van der Waals surface area contributed by atoms with Gasteiger partial charge in [-0.1, -0.05) is 0 Å². The lowest BCUT2D eigenvalue weighted by Gasteiger charge is -2.02. The molecule has 1 spiro atoms. The summed E-state index contributed by atoms with van der Waals surface area (Å²) in [6.07, 6.45) is 2.48. The minimum atomic E-state index is 0.419. The van der Waals surface area contributed by atoms with Gasteiger partial charge in [-0.15, -0.1) is 0 Å². The highest BCUT2D eigenvalue weighted by atomic mass is 32.2. The average molecular weight is 156 g/mol. The molecule has 56 valence electrons. The zero-order valence-electron chi connectivity index (χ0n) is 6.22. The molecule has 1 saturated carbocycles. The van der Waals surface area contributed by atoms with E-state index in [2.05, 4.69) is 0 Å². The highest BCUT2D eigenvalue weighted by Crippen LogP contribution is 2.61. The molecule has 0 bridgehead atoms. The van der Waals surface area contributed by atoms with Crippen LogP contribution in [0.2, 0.25) is 0 Å². The fraction of sp³-hybridized carbons (Fsp3) is 0.875. The van der Waals surface area contributed by atoms with Crippen molar-refractivity contribution in [1.29, 1.82) is 0 Å². The van der Waals surface area contributed by atoms with Gasteiger partial charge in [0.1, 0.15) is 5.78 Å². The molecule has 0 aromatic carbocycles. The highest BCUT2D eigenvalue weighted by molar-refractivity contribution is 7.99. The van der Waals surface area contributed by atoms with Gasteiger partial charge in [0.2, 0.25) is 0 Å². The Morgan fingerprint density at radius 2 is 2.50 bits per heavy atom. The Labute approximate surface area is 65.6 Å². The van der Waals surface area contributed by atoms with E-state index in [-0.39, 0.29) is 0 Å². The van der Waals surface area contributed by atoms with Crippen LogP contribution in [-0.2, 0) is 4.79 Å². The number of carbonyl (C=O) groups excluding carboxylic acids is 1. The first kappa shape index (κ1) is 6.71. The number of hydrogen-bond donors (Lipinski definition) is 0. The quantitative estimate of drug-likeness (QED) is 0.575. The lowest BCUT2D eigenvalue weighted by atomic mass is 10.0. The summed E-state index contributed by atoms with van der Waals surface area (Å²) in [4.78, 5) is 11.0. The van der Waals surface area contributed by atoms with E-state index in [9.17, 15) is 4.79 Å². The van der Waals surface area contributed by atoms with Crippen LogP contribution < -0.4 is 0 Å². The maximum Gasteiger partial charge on any atom is 0.133 e. The van der Waals surface area contributed by atoms with Gasteiger partial charge in [0.15, 0.2) is 0 Å². The van der Waals surface area contributed by atoms with Gasteiger partial charge in [-0.05, 0) is 36.7 Å². The molecule has 0 radical (unpaired) electrons. The Hall–Kier alpha value is 0.0200. The summed E-state index contributed by atoms with van der Waals surface area (Å²) in [5.41, 5.74) is 0.497. The van der Waals surface area contributed by atoms with Gasteiger partial charge in [-0.3, -0.25) is 4.79 Å². The van der Waals surface area contributed by atoms with Crippen molar-refractivity contribution in [2.75, 3.05) is 11.5 Å². The Kier molecular flexibility index (Phi) is 1.34. The molecule has 1 heterocycles. The van der Waals surface area contributed by atoms with Crippen LogP contribution >= 0.6 is 11.8 Å². The molecule has 1 aliphatic carbocycles. The first-order valence-corrected chi connectivity index (χ1v) is 4.98. The third kappa shape index (κ3) is 0.815. The number of rotatable bonds is 1. The molecule has 10 heavy (non-hydrogen) atoms. The van der Waals surface area contributed by atoms with Gasteiger partial charge < -0.3 is 0 Å². The summed E-state index contributed by atoms with van der Waals surface area (Å²) < 4.78 is 0.